The van der Waals surface area contributed by atoms with Crippen molar-refractivity contribution in [2.75, 3.05) is 18.1 Å². The number of nitrogens with zero attached hydrogens (tertiary/aromatic N) is 1. The fraction of sp³-hybridized carbons (Fsp3) is 0.706. The highest BCUT2D eigenvalue weighted by Crippen LogP contribution is 2.51. The molecule has 2 fully saturated rings. The minimum Gasteiger partial charge on any atom is -0.477 e. The van der Waals surface area contributed by atoms with E-state index >= 15 is 0 Å². The number of thioether (sulfide) groups is 2. The molecule has 0 spiro atoms. The predicted octanol–water partition coefficient (Wildman–Crippen LogP) is -0.178. The third-order valence-corrected chi connectivity index (χ3v) is 7.99. The van der Waals surface area contributed by atoms with E-state index < -0.39 is 18.0 Å². The van der Waals surface area contributed by atoms with E-state index in [9.17, 15) is 24.6 Å². The largest absolute Gasteiger partial charge is 0.477 e. The maximum Gasteiger partial charge on any atom is 0.353 e. The lowest BCUT2D eigenvalue weighted by molar-refractivity contribution is -0.163. The first-order chi connectivity index (χ1) is 12.7. The molecule has 3 heterocycles. The molecular weight excluding hydrogens is 390 g/mol. The summed E-state index contributed by atoms with van der Waals surface area (Å²) in [5, 5.41) is 23.2. The summed E-state index contributed by atoms with van der Waals surface area (Å²) in [4.78, 5) is 37.1. The van der Waals surface area contributed by atoms with Crippen molar-refractivity contribution in [2.45, 2.75) is 43.7 Å². The molecule has 0 saturated carbocycles. The van der Waals surface area contributed by atoms with Gasteiger partial charge in [-0.2, -0.15) is 11.8 Å². The second-order valence-corrected chi connectivity index (χ2v) is 9.71. The molecule has 0 radical (unpaired) electrons. The number of carboxylic acid groups (broad SMARTS) is 1. The van der Waals surface area contributed by atoms with Gasteiger partial charge in [-0.1, -0.05) is 6.92 Å². The Morgan fingerprint density at radius 2 is 2.15 bits per heavy atom. The van der Waals surface area contributed by atoms with Crippen molar-refractivity contribution in [2.24, 2.45) is 17.6 Å². The van der Waals surface area contributed by atoms with Gasteiger partial charge in [-0.25, -0.2) is 4.79 Å². The number of aliphatic carboxylic acids is 1. The van der Waals surface area contributed by atoms with Crippen LogP contribution in [0.5, 0.6) is 0 Å². The Bertz CT molecular complexity index is 683. The molecule has 0 aromatic heterocycles. The second-order valence-electron chi connectivity index (χ2n) is 7.33. The number of aliphatic hydroxyl groups is 1. The molecule has 6 atom stereocenters. The van der Waals surface area contributed by atoms with E-state index in [2.05, 4.69) is 5.32 Å². The standard InChI is InChI=1S/C17H25N3O5S2/c1-7-13-12(8(2)21)16(23)20(13)14(17(24)25)15(7)27-10-3-9(19-4-10)5-26-6-11(18)22/h7-10,12-13,19,21H,3-6H2,1-2H3,(H2,18,22)(H,24,25)/t7-,8-,9+,10+,12-,13?/m1/s1. The van der Waals surface area contributed by atoms with Crippen molar-refractivity contribution < 1.29 is 24.6 Å². The van der Waals surface area contributed by atoms with Crippen LogP contribution in [0.1, 0.15) is 20.3 Å². The van der Waals surface area contributed by atoms with Gasteiger partial charge in [-0.15, -0.1) is 11.8 Å². The van der Waals surface area contributed by atoms with Gasteiger partial charge in [0.2, 0.25) is 11.8 Å². The molecule has 0 bridgehead atoms. The normalized spacial score (nSPS) is 33.8. The van der Waals surface area contributed by atoms with Gasteiger partial charge in [-0.05, 0) is 13.3 Å². The molecule has 2 amide bonds. The molecular formula is C17H25N3O5S2. The number of rotatable bonds is 8. The van der Waals surface area contributed by atoms with E-state index in [1.165, 1.54) is 28.4 Å². The van der Waals surface area contributed by atoms with Gasteiger partial charge in [0.1, 0.15) is 5.70 Å². The van der Waals surface area contributed by atoms with Gasteiger partial charge in [-0.3, -0.25) is 9.59 Å². The maximum atomic E-state index is 12.4. The van der Waals surface area contributed by atoms with Gasteiger partial charge in [0.15, 0.2) is 0 Å². The van der Waals surface area contributed by atoms with Crippen molar-refractivity contribution in [1.29, 1.82) is 0 Å². The average molecular weight is 416 g/mol. The summed E-state index contributed by atoms with van der Waals surface area (Å²) in [5.74, 6) is -1.31. The fourth-order valence-electron chi connectivity index (χ4n) is 4.16. The Morgan fingerprint density at radius 3 is 2.74 bits per heavy atom. The molecule has 0 aliphatic carbocycles. The molecule has 3 rings (SSSR count). The Kier molecular flexibility index (Phi) is 6.09. The SMILES string of the molecule is C[C@H]1C(S[C@@H]2CN[C@H](CSCC(N)=O)C2)=C(C(=O)O)N2C(=O)[C@H]([C@@H](C)O)C12. The minimum atomic E-state index is -1.09. The van der Waals surface area contributed by atoms with Gasteiger partial charge >= 0.3 is 5.97 Å². The smallest absolute Gasteiger partial charge is 0.353 e. The number of carbonyl (C=O) groups is 3. The topological polar surface area (TPSA) is 133 Å². The molecule has 1 unspecified atom stereocenters. The van der Waals surface area contributed by atoms with Crippen LogP contribution in [0, 0.1) is 11.8 Å². The fourth-order valence-corrected chi connectivity index (χ4v) is 6.53. The number of nitrogens with one attached hydrogen (secondary N) is 1. The molecule has 0 aromatic carbocycles. The number of amides is 2. The Balaban J connectivity index is 1.66. The van der Waals surface area contributed by atoms with E-state index in [1.54, 1.807) is 6.92 Å². The Morgan fingerprint density at radius 1 is 1.44 bits per heavy atom. The zero-order chi connectivity index (χ0) is 19.9. The lowest BCUT2D eigenvalue weighted by Crippen LogP contribution is -2.63. The summed E-state index contributed by atoms with van der Waals surface area (Å²) in [6.45, 7) is 4.25. The highest BCUT2D eigenvalue weighted by molar-refractivity contribution is 8.03. The first-order valence-corrected chi connectivity index (χ1v) is 11.0. The lowest BCUT2D eigenvalue weighted by atomic mass is 9.79. The van der Waals surface area contributed by atoms with E-state index in [-0.39, 0.29) is 40.8 Å². The summed E-state index contributed by atoms with van der Waals surface area (Å²) in [6.07, 6.45) is 0.0678. The Labute approximate surface area is 166 Å². The first kappa shape index (κ1) is 20.5. The monoisotopic (exact) mass is 415 g/mol. The van der Waals surface area contributed by atoms with Crippen LogP contribution in [0.3, 0.4) is 0 Å². The zero-order valence-electron chi connectivity index (χ0n) is 15.3. The number of hydrogen-bond donors (Lipinski definition) is 4. The van der Waals surface area contributed by atoms with Crippen molar-refractivity contribution in [3.05, 3.63) is 10.6 Å². The van der Waals surface area contributed by atoms with E-state index in [0.717, 1.165) is 23.6 Å². The van der Waals surface area contributed by atoms with Crippen LogP contribution < -0.4 is 11.1 Å². The summed E-state index contributed by atoms with van der Waals surface area (Å²) in [6, 6.07) is -0.0244. The minimum absolute atomic E-state index is 0.0750. The lowest BCUT2D eigenvalue weighted by Gasteiger charge is -2.46. The highest BCUT2D eigenvalue weighted by atomic mass is 32.2. The van der Waals surface area contributed by atoms with Crippen molar-refractivity contribution >= 4 is 41.3 Å². The number of carbonyl (C=O) groups excluding carboxylic acids is 2. The molecule has 8 nitrogen and oxygen atoms in total. The third-order valence-electron chi connectivity index (χ3n) is 5.35. The quantitative estimate of drug-likeness (QED) is 0.401. The number of nitrogens with two attached hydrogens (primary N) is 1. The zero-order valence-corrected chi connectivity index (χ0v) is 16.9. The van der Waals surface area contributed by atoms with Crippen molar-refractivity contribution in [1.82, 2.24) is 10.2 Å². The highest BCUT2D eigenvalue weighted by Gasteiger charge is 2.60. The summed E-state index contributed by atoms with van der Waals surface area (Å²) in [5.41, 5.74) is 5.23. The number of primary amides is 1. The van der Waals surface area contributed by atoms with Gasteiger partial charge < -0.3 is 26.2 Å². The van der Waals surface area contributed by atoms with Crippen LogP contribution in [-0.2, 0) is 14.4 Å². The van der Waals surface area contributed by atoms with E-state index in [4.69, 9.17) is 5.73 Å². The maximum absolute atomic E-state index is 12.4. The van der Waals surface area contributed by atoms with Gasteiger partial charge in [0.05, 0.1) is 23.8 Å². The Hall–Kier alpha value is -1.23. The predicted molar refractivity (Wildman–Crippen MR) is 104 cm³/mol. The van der Waals surface area contributed by atoms with Gasteiger partial charge in [0, 0.05) is 34.4 Å². The molecule has 3 aliphatic heterocycles. The second kappa shape index (κ2) is 8.02. The number of carboxylic acids is 1. The third kappa shape index (κ3) is 3.85. The molecule has 10 heteroatoms. The van der Waals surface area contributed by atoms with Crippen molar-refractivity contribution in [3.63, 3.8) is 0 Å². The van der Waals surface area contributed by atoms with Gasteiger partial charge in [0.25, 0.3) is 0 Å². The van der Waals surface area contributed by atoms with Crippen LogP contribution >= 0.6 is 23.5 Å². The molecule has 150 valence electrons. The van der Waals surface area contributed by atoms with Crippen LogP contribution in [0.25, 0.3) is 0 Å². The molecule has 2 saturated heterocycles. The summed E-state index contributed by atoms with van der Waals surface area (Å²) in [7, 11) is 0. The average Bonchev–Trinajstić information content (AvgIpc) is 3.09. The van der Waals surface area contributed by atoms with Crippen LogP contribution in [0.4, 0.5) is 0 Å². The number of hydrogen-bond acceptors (Lipinski definition) is 7. The number of fused-ring (bicyclic) bond motifs is 1. The van der Waals surface area contributed by atoms with Crippen molar-refractivity contribution in [3.8, 4) is 0 Å². The van der Waals surface area contributed by atoms with Crippen LogP contribution in [-0.4, -0.2) is 74.4 Å². The molecule has 0 aromatic rings. The van der Waals surface area contributed by atoms with Crippen LogP contribution in [0.2, 0.25) is 0 Å². The first-order valence-electron chi connectivity index (χ1n) is 8.97. The van der Waals surface area contributed by atoms with Crippen LogP contribution in [0.15, 0.2) is 10.6 Å². The number of aliphatic hydroxyl groups excluding tert-OH is 1. The summed E-state index contributed by atoms with van der Waals surface area (Å²) >= 11 is 3.02. The number of β-lactam (4-membered cyclic amide) rings is 1. The summed E-state index contributed by atoms with van der Waals surface area (Å²) < 4.78 is 0. The van der Waals surface area contributed by atoms with E-state index in [1.807, 2.05) is 6.92 Å². The molecule has 3 aliphatic rings. The van der Waals surface area contributed by atoms with E-state index in [0.29, 0.717) is 5.75 Å². The molecule has 27 heavy (non-hydrogen) atoms. The molecule has 5 N–H and O–H groups in total.